The third kappa shape index (κ3) is 3.94. The van der Waals surface area contributed by atoms with Crippen LogP contribution in [0.25, 0.3) is 11.4 Å². The monoisotopic (exact) mass is 397 g/mol. The fourth-order valence-electron chi connectivity index (χ4n) is 3.34. The number of rotatable bonds is 5. The first kappa shape index (κ1) is 18.3. The Kier molecular flexibility index (Phi) is 4.91. The summed E-state index contributed by atoms with van der Waals surface area (Å²) in [4.78, 5) is 15.9. The molecule has 144 valence electrons. The van der Waals surface area contributed by atoms with E-state index >= 15 is 0 Å². The second-order valence-corrected chi connectivity index (χ2v) is 8.89. The maximum Gasteiger partial charge on any atom is 0.250 e. The van der Waals surface area contributed by atoms with Crippen molar-refractivity contribution in [2.75, 3.05) is 16.4 Å². The smallest absolute Gasteiger partial charge is 0.250 e. The largest absolute Gasteiger partial charge is 0.307 e. The van der Waals surface area contributed by atoms with Crippen LogP contribution in [0.1, 0.15) is 6.42 Å². The van der Waals surface area contributed by atoms with Gasteiger partial charge in [-0.3, -0.25) is 4.79 Å². The predicted molar refractivity (Wildman–Crippen MR) is 104 cm³/mol. The van der Waals surface area contributed by atoms with Crippen molar-refractivity contribution in [3.8, 4) is 11.4 Å². The first-order valence-corrected chi connectivity index (χ1v) is 10.7. The highest BCUT2D eigenvalue weighted by Crippen LogP contribution is 2.25. The number of hydrogen-bond acceptors (Lipinski definition) is 6. The first-order chi connectivity index (χ1) is 13.5. The molecule has 1 aliphatic rings. The number of carbonyl (C=O) groups excluding carboxylic acids is 1. The van der Waals surface area contributed by atoms with Gasteiger partial charge in [-0.25, -0.2) is 8.42 Å². The van der Waals surface area contributed by atoms with Gasteiger partial charge in [0.15, 0.2) is 9.84 Å². The molecule has 2 aromatic carbocycles. The highest BCUT2D eigenvalue weighted by molar-refractivity contribution is 7.91. The minimum atomic E-state index is -3.13. The molecule has 3 aromatic rings. The summed E-state index contributed by atoms with van der Waals surface area (Å²) in [5.41, 5.74) is 1.47. The molecule has 0 radical (unpaired) electrons. The summed E-state index contributed by atoms with van der Waals surface area (Å²) in [5.74, 6) is 0.218. The van der Waals surface area contributed by atoms with Gasteiger partial charge in [0.1, 0.15) is 6.54 Å². The van der Waals surface area contributed by atoms with Gasteiger partial charge in [0.2, 0.25) is 5.82 Å². The highest BCUT2D eigenvalue weighted by Gasteiger charge is 2.35. The summed E-state index contributed by atoms with van der Waals surface area (Å²) in [5, 5.41) is 12.3. The van der Waals surface area contributed by atoms with Crippen LogP contribution in [0.3, 0.4) is 0 Å². The predicted octanol–water partition coefficient (Wildman–Crippen LogP) is 1.56. The lowest BCUT2D eigenvalue weighted by Gasteiger charge is -2.28. The number of tetrazole rings is 1. The zero-order valence-corrected chi connectivity index (χ0v) is 15.9. The molecule has 1 fully saturated rings. The summed E-state index contributed by atoms with van der Waals surface area (Å²) in [7, 11) is -3.13. The van der Waals surface area contributed by atoms with E-state index in [1.807, 2.05) is 48.5 Å². The van der Waals surface area contributed by atoms with Gasteiger partial charge in [-0.1, -0.05) is 48.5 Å². The number of benzene rings is 2. The maximum absolute atomic E-state index is 13.1. The highest BCUT2D eigenvalue weighted by atomic mass is 32.2. The molecular weight excluding hydrogens is 378 g/mol. The first-order valence-electron chi connectivity index (χ1n) is 8.93. The molecule has 1 aromatic heterocycles. The van der Waals surface area contributed by atoms with Crippen LogP contribution in [-0.4, -0.2) is 52.1 Å². The molecule has 1 atom stereocenters. The van der Waals surface area contributed by atoms with Crippen molar-refractivity contribution in [3.63, 3.8) is 0 Å². The minimum Gasteiger partial charge on any atom is -0.307 e. The molecule has 1 amide bonds. The summed E-state index contributed by atoms with van der Waals surface area (Å²) in [6.45, 7) is -0.120. The average Bonchev–Trinajstić information content (AvgIpc) is 3.30. The molecule has 0 aliphatic carbocycles. The number of aromatic nitrogens is 4. The van der Waals surface area contributed by atoms with Crippen LogP contribution in [0.2, 0.25) is 0 Å². The van der Waals surface area contributed by atoms with Crippen molar-refractivity contribution in [2.45, 2.75) is 19.0 Å². The second kappa shape index (κ2) is 7.51. The second-order valence-electron chi connectivity index (χ2n) is 6.67. The van der Waals surface area contributed by atoms with E-state index in [9.17, 15) is 13.2 Å². The molecule has 8 nitrogen and oxygen atoms in total. The van der Waals surface area contributed by atoms with Gasteiger partial charge in [0.25, 0.3) is 5.91 Å². The molecule has 9 heteroatoms. The van der Waals surface area contributed by atoms with Gasteiger partial charge in [-0.15, -0.1) is 10.2 Å². The Morgan fingerprint density at radius 3 is 2.39 bits per heavy atom. The summed E-state index contributed by atoms with van der Waals surface area (Å²) in [6.07, 6.45) is 0.420. The maximum atomic E-state index is 13.1. The van der Waals surface area contributed by atoms with E-state index in [2.05, 4.69) is 15.4 Å². The SMILES string of the molecule is O=C(Cn1nnc(-c2ccccc2)n1)N(c1ccccc1)[C@@H]1CCS(=O)(=O)C1. The minimum absolute atomic E-state index is 0.0340. The molecule has 0 spiro atoms. The number of para-hydroxylation sites is 1. The van der Waals surface area contributed by atoms with Crippen LogP contribution >= 0.6 is 0 Å². The number of anilines is 1. The molecule has 1 saturated heterocycles. The zero-order valence-electron chi connectivity index (χ0n) is 15.0. The van der Waals surface area contributed by atoms with Crippen LogP contribution in [0.5, 0.6) is 0 Å². The fourth-order valence-corrected chi connectivity index (χ4v) is 5.04. The fraction of sp³-hybridized carbons (Fsp3) is 0.263. The van der Waals surface area contributed by atoms with E-state index in [-0.39, 0.29) is 24.0 Å². The number of carbonyl (C=O) groups is 1. The molecule has 1 aliphatic heterocycles. The van der Waals surface area contributed by atoms with Gasteiger partial charge >= 0.3 is 0 Å². The quantitative estimate of drug-likeness (QED) is 0.648. The Bertz CT molecular complexity index is 1070. The Morgan fingerprint density at radius 1 is 1.07 bits per heavy atom. The van der Waals surface area contributed by atoms with E-state index in [0.717, 1.165) is 5.56 Å². The average molecular weight is 397 g/mol. The molecule has 4 rings (SSSR count). The third-order valence-corrected chi connectivity index (χ3v) is 6.39. The van der Waals surface area contributed by atoms with Crippen molar-refractivity contribution >= 4 is 21.4 Å². The van der Waals surface area contributed by atoms with Crippen molar-refractivity contribution in [1.82, 2.24) is 20.2 Å². The summed E-state index contributed by atoms with van der Waals surface area (Å²) >= 11 is 0. The standard InChI is InChI=1S/C19H19N5O3S/c25-18(13-23-21-19(20-22-23)15-7-3-1-4-8-15)24(16-9-5-2-6-10-16)17-11-12-28(26,27)14-17/h1-10,17H,11-14H2/t17-/m1/s1. The third-order valence-electron chi connectivity index (χ3n) is 4.64. The van der Waals surface area contributed by atoms with Crippen molar-refractivity contribution in [2.24, 2.45) is 0 Å². The number of hydrogen-bond donors (Lipinski definition) is 0. The van der Waals surface area contributed by atoms with Gasteiger partial charge in [0.05, 0.1) is 17.5 Å². The van der Waals surface area contributed by atoms with Crippen LogP contribution in [0, 0.1) is 0 Å². The lowest BCUT2D eigenvalue weighted by molar-refractivity contribution is -0.120. The van der Waals surface area contributed by atoms with Crippen LogP contribution in [-0.2, 0) is 21.2 Å². The summed E-state index contributed by atoms with van der Waals surface area (Å²) < 4.78 is 23.9. The summed E-state index contributed by atoms with van der Waals surface area (Å²) in [6, 6.07) is 18.1. The van der Waals surface area contributed by atoms with Crippen molar-refractivity contribution in [3.05, 3.63) is 60.7 Å². The number of nitrogens with zero attached hydrogens (tertiary/aromatic N) is 5. The molecular formula is C19H19N5O3S. The Hall–Kier alpha value is -3.07. The van der Waals surface area contributed by atoms with Crippen molar-refractivity contribution in [1.29, 1.82) is 0 Å². The lowest BCUT2D eigenvalue weighted by atomic mass is 10.2. The zero-order chi connectivity index (χ0) is 19.6. The Balaban J connectivity index is 1.57. The molecule has 28 heavy (non-hydrogen) atoms. The Labute approximate surface area is 162 Å². The van der Waals surface area contributed by atoms with Gasteiger partial charge in [-0.2, -0.15) is 4.80 Å². The topological polar surface area (TPSA) is 98.1 Å². The van der Waals surface area contributed by atoms with Gasteiger partial charge < -0.3 is 4.90 Å². The van der Waals surface area contributed by atoms with Crippen LogP contribution in [0.15, 0.2) is 60.7 Å². The molecule has 2 heterocycles. The molecule has 0 bridgehead atoms. The van der Waals surface area contributed by atoms with E-state index in [0.29, 0.717) is 17.9 Å². The molecule has 0 saturated carbocycles. The van der Waals surface area contributed by atoms with Gasteiger partial charge in [0, 0.05) is 11.3 Å². The van der Waals surface area contributed by atoms with Crippen LogP contribution in [0.4, 0.5) is 5.69 Å². The van der Waals surface area contributed by atoms with Gasteiger partial charge in [-0.05, 0) is 23.8 Å². The number of sulfone groups is 1. The van der Waals surface area contributed by atoms with E-state index < -0.39 is 15.9 Å². The Morgan fingerprint density at radius 2 is 1.75 bits per heavy atom. The van der Waals surface area contributed by atoms with E-state index in [1.165, 1.54) is 4.80 Å². The molecule has 0 unspecified atom stereocenters. The normalized spacial score (nSPS) is 18.1. The number of amides is 1. The van der Waals surface area contributed by atoms with E-state index in [4.69, 9.17) is 0 Å². The van der Waals surface area contributed by atoms with Crippen LogP contribution < -0.4 is 4.90 Å². The van der Waals surface area contributed by atoms with E-state index in [1.54, 1.807) is 17.0 Å². The molecule has 0 N–H and O–H groups in total. The lowest BCUT2D eigenvalue weighted by Crippen LogP contribution is -2.43. The van der Waals surface area contributed by atoms with Crippen molar-refractivity contribution < 1.29 is 13.2 Å².